The zero-order chi connectivity index (χ0) is 20.7. The van der Waals surface area contributed by atoms with Gasteiger partial charge in [-0.05, 0) is 71.8 Å². The summed E-state index contributed by atoms with van der Waals surface area (Å²) in [5.41, 5.74) is 5.43. The van der Waals surface area contributed by atoms with Crippen LogP contribution in [0.5, 0.6) is 11.5 Å². The first-order chi connectivity index (χ1) is 14.6. The van der Waals surface area contributed by atoms with Crippen molar-refractivity contribution >= 4 is 11.6 Å². The Bertz CT molecular complexity index is 1120. The number of aryl methyl sites for hydroxylation is 1. The van der Waals surface area contributed by atoms with E-state index >= 15 is 0 Å². The molecule has 154 valence electrons. The maximum Gasteiger partial charge on any atom is 0.235 e. The van der Waals surface area contributed by atoms with Gasteiger partial charge in [-0.25, -0.2) is 0 Å². The van der Waals surface area contributed by atoms with Crippen molar-refractivity contribution in [3.63, 3.8) is 0 Å². The molecule has 5 heteroatoms. The van der Waals surface area contributed by atoms with Gasteiger partial charge in [0.15, 0.2) is 11.5 Å². The molecule has 0 spiro atoms. The fraction of sp³-hybridized carbons (Fsp3) is 0.240. The molecule has 1 fully saturated rings. The van der Waals surface area contributed by atoms with Crippen LogP contribution in [-0.2, 0) is 16.8 Å². The Morgan fingerprint density at radius 1 is 1.03 bits per heavy atom. The van der Waals surface area contributed by atoms with Gasteiger partial charge in [0.2, 0.25) is 12.7 Å². The van der Waals surface area contributed by atoms with E-state index in [2.05, 4.69) is 5.32 Å². The molecule has 2 N–H and O–H groups in total. The monoisotopic (exact) mass is 403 g/mol. The van der Waals surface area contributed by atoms with E-state index in [1.54, 1.807) is 0 Å². The van der Waals surface area contributed by atoms with Gasteiger partial charge in [-0.3, -0.25) is 4.79 Å². The highest BCUT2D eigenvalue weighted by Crippen LogP contribution is 2.51. The predicted octanol–water partition coefficient (Wildman–Crippen LogP) is 4.80. The molecule has 5 nitrogen and oxygen atoms in total. The number of benzene rings is 3. The normalized spacial score (nSPS) is 15.7. The van der Waals surface area contributed by atoms with Crippen LogP contribution in [0.1, 0.15) is 31.0 Å². The molecule has 1 saturated carbocycles. The minimum Gasteiger partial charge on any atom is -0.454 e. The maximum atomic E-state index is 13.1. The summed E-state index contributed by atoms with van der Waals surface area (Å²) >= 11 is 0. The van der Waals surface area contributed by atoms with Gasteiger partial charge < -0.3 is 19.9 Å². The standard InChI is InChI=1S/C25H23NO4.H2/c1-16-12-20(7-8-21(16)18-4-2-17(14-27)3-5-18)26-24(28)25(10-11-25)19-6-9-22-23(13-19)30-15-29-22;/h2-9,12-13,27H,10-11,14-15H2,1H3,(H,26,28);1H. The molecule has 3 aromatic carbocycles. The summed E-state index contributed by atoms with van der Waals surface area (Å²) in [6.45, 7) is 2.30. The number of hydrogen-bond donors (Lipinski definition) is 2. The zero-order valence-corrected chi connectivity index (χ0v) is 16.8. The van der Waals surface area contributed by atoms with E-state index in [1.165, 1.54) is 0 Å². The van der Waals surface area contributed by atoms with Crippen molar-refractivity contribution in [1.82, 2.24) is 0 Å². The molecule has 1 aliphatic carbocycles. The summed E-state index contributed by atoms with van der Waals surface area (Å²) in [7, 11) is 0. The molecule has 0 radical (unpaired) electrons. The Morgan fingerprint density at radius 3 is 2.50 bits per heavy atom. The SMILES string of the molecule is Cc1cc(NC(=O)C2(c3ccc4c(c3)OCO4)CC2)ccc1-c1ccc(CO)cc1.[HH]. The lowest BCUT2D eigenvalue weighted by Crippen LogP contribution is -2.27. The van der Waals surface area contributed by atoms with Crippen LogP contribution < -0.4 is 14.8 Å². The minimum atomic E-state index is -0.492. The van der Waals surface area contributed by atoms with Crippen LogP contribution in [0.3, 0.4) is 0 Å². The molecule has 2 aliphatic rings. The van der Waals surface area contributed by atoms with Crippen LogP contribution >= 0.6 is 0 Å². The van der Waals surface area contributed by atoms with Crippen molar-refractivity contribution in [2.24, 2.45) is 0 Å². The van der Waals surface area contributed by atoms with Crippen molar-refractivity contribution in [1.29, 1.82) is 0 Å². The van der Waals surface area contributed by atoms with Crippen molar-refractivity contribution in [2.45, 2.75) is 31.8 Å². The Hall–Kier alpha value is -3.31. The molecule has 0 bridgehead atoms. The number of fused-ring (bicyclic) bond motifs is 1. The largest absolute Gasteiger partial charge is 0.454 e. The summed E-state index contributed by atoms with van der Waals surface area (Å²) in [6, 6.07) is 19.6. The number of aliphatic hydroxyl groups is 1. The first-order valence-corrected chi connectivity index (χ1v) is 10.1. The number of amides is 1. The lowest BCUT2D eigenvalue weighted by atomic mass is 9.94. The summed E-state index contributed by atoms with van der Waals surface area (Å²) in [4.78, 5) is 13.1. The number of carbonyl (C=O) groups is 1. The van der Waals surface area contributed by atoms with E-state index in [0.29, 0.717) is 5.75 Å². The number of carbonyl (C=O) groups excluding carboxylic acids is 1. The molecule has 0 saturated heterocycles. The van der Waals surface area contributed by atoms with Crippen LogP contribution in [-0.4, -0.2) is 17.8 Å². The third-order valence-corrected chi connectivity index (χ3v) is 6.04. The van der Waals surface area contributed by atoms with E-state index in [4.69, 9.17) is 9.47 Å². The molecule has 0 atom stereocenters. The molecular weight excluding hydrogens is 378 g/mol. The van der Waals surface area contributed by atoms with Gasteiger partial charge >= 0.3 is 0 Å². The number of aliphatic hydroxyl groups excluding tert-OH is 1. The highest BCUT2D eigenvalue weighted by atomic mass is 16.7. The fourth-order valence-electron chi connectivity index (χ4n) is 4.07. The second kappa shape index (κ2) is 7.18. The summed E-state index contributed by atoms with van der Waals surface area (Å²) in [6.07, 6.45) is 1.65. The van der Waals surface area contributed by atoms with E-state index in [9.17, 15) is 9.90 Å². The highest BCUT2D eigenvalue weighted by molar-refractivity contribution is 6.01. The number of ether oxygens (including phenoxy) is 2. The van der Waals surface area contributed by atoms with Gasteiger partial charge in [-0.2, -0.15) is 0 Å². The molecule has 3 aromatic rings. The molecule has 30 heavy (non-hydrogen) atoms. The second-order valence-electron chi connectivity index (χ2n) is 7.99. The van der Waals surface area contributed by atoms with Crippen molar-refractivity contribution in [3.8, 4) is 22.6 Å². The van der Waals surface area contributed by atoms with Gasteiger partial charge in [-0.15, -0.1) is 0 Å². The van der Waals surface area contributed by atoms with Crippen LogP contribution in [0.4, 0.5) is 5.69 Å². The number of nitrogens with one attached hydrogen (secondary N) is 1. The first kappa shape index (κ1) is 18.7. The third kappa shape index (κ3) is 3.21. The minimum absolute atomic E-state index is 0. The van der Waals surface area contributed by atoms with Gasteiger partial charge in [0.25, 0.3) is 0 Å². The molecular formula is C25H25NO4. The molecule has 1 aliphatic heterocycles. The topological polar surface area (TPSA) is 67.8 Å². The van der Waals surface area contributed by atoms with Gasteiger partial charge in [0.05, 0.1) is 12.0 Å². The molecule has 0 aromatic heterocycles. The predicted molar refractivity (Wildman–Crippen MR) is 117 cm³/mol. The Balaban J connectivity index is 0.00000231. The number of anilines is 1. The molecule has 1 amide bonds. The molecule has 5 rings (SSSR count). The van der Waals surface area contributed by atoms with Gasteiger partial charge in [-0.1, -0.05) is 36.4 Å². The van der Waals surface area contributed by atoms with E-state index < -0.39 is 5.41 Å². The van der Waals surface area contributed by atoms with Gasteiger partial charge in [0.1, 0.15) is 0 Å². The van der Waals surface area contributed by atoms with Crippen molar-refractivity contribution in [2.75, 3.05) is 12.1 Å². The number of hydrogen-bond acceptors (Lipinski definition) is 4. The van der Waals surface area contributed by atoms with E-state index in [0.717, 1.165) is 52.1 Å². The zero-order valence-electron chi connectivity index (χ0n) is 16.8. The fourth-order valence-corrected chi connectivity index (χ4v) is 4.07. The lowest BCUT2D eigenvalue weighted by molar-refractivity contribution is -0.118. The summed E-state index contributed by atoms with van der Waals surface area (Å²) in [5.74, 6) is 1.45. The lowest BCUT2D eigenvalue weighted by Gasteiger charge is -2.17. The third-order valence-electron chi connectivity index (χ3n) is 6.04. The van der Waals surface area contributed by atoms with E-state index in [-0.39, 0.29) is 20.7 Å². The molecule has 0 unspecified atom stereocenters. The Morgan fingerprint density at radius 2 is 1.80 bits per heavy atom. The quantitative estimate of drug-likeness (QED) is 0.642. The smallest absolute Gasteiger partial charge is 0.235 e. The molecule has 1 heterocycles. The maximum absolute atomic E-state index is 13.1. The van der Waals surface area contributed by atoms with Crippen LogP contribution in [0.25, 0.3) is 11.1 Å². The Kier molecular flexibility index (Phi) is 4.48. The summed E-state index contributed by atoms with van der Waals surface area (Å²) in [5, 5.41) is 12.3. The van der Waals surface area contributed by atoms with Gasteiger partial charge in [0, 0.05) is 7.11 Å². The van der Waals surface area contributed by atoms with E-state index in [1.807, 2.05) is 67.6 Å². The van der Waals surface area contributed by atoms with Crippen LogP contribution in [0.15, 0.2) is 60.7 Å². The van der Waals surface area contributed by atoms with Crippen molar-refractivity contribution < 1.29 is 20.8 Å². The number of rotatable bonds is 5. The average Bonchev–Trinajstić information content (AvgIpc) is 3.45. The average molecular weight is 403 g/mol. The highest BCUT2D eigenvalue weighted by Gasteiger charge is 2.51. The van der Waals surface area contributed by atoms with Crippen LogP contribution in [0.2, 0.25) is 0 Å². The van der Waals surface area contributed by atoms with Crippen LogP contribution in [0, 0.1) is 6.92 Å². The Labute approximate surface area is 176 Å². The second-order valence-corrected chi connectivity index (χ2v) is 7.99. The first-order valence-electron chi connectivity index (χ1n) is 10.1. The summed E-state index contributed by atoms with van der Waals surface area (Å²) < 4.78 is 10.9. The van der Waals surface area contributed by atoms with Crippen molar-refractivity contribution in [3.05, 3.63) is 77.4 Å².